The molecule has 0 aliphatic heterocycles. The SMILES string of the molecule is CCN(C(=O)CC#N)C1CC1. The van der Waals surface area contributed by atoms with Gasteiger partial charge in [-0.25, -0.2) is 0 Å². The number of carbonyl (C=O) groups excluding carboxylic acids is 1. The van der Waals surface area contributed by atoms with Crippen LogP contribution in [0.4, 0.5) is 0 Å². The summed E-state index contributed by atoms with van der Waals surface area (Å²) < 4.78 is 0. The number of nitriles is 1. The van der Waals surface area contributed by atoms with Gasteiger partial charge in [0, 0.05) is 12.6 Å². The highest BCUT2D eigenvalue weighted by molar-refractivity contribution is 5.78. The zero-order chi connectivity index (χ0) is 8.27. The first-order valence-corrected chi connectivity index (χ1v) is 3.96. The molecular weight excluding hydrogens is 140 g/mol. The van der Waals surface area contributed by atoms with Crippen LogP contribution in [-0.2, 0) is 4.79 Å². The first kappa shape index (κ1) is 8.06. The molecule has 0 aromatic rings. The van der Waals surface area contributed by atoms with E-state index in [0.717, 1.165) is 19.4 Å². The van der Waals surface area contributed by atoms with Crippen molar-refractivity contribution < 1.29 is 4.79 Å². The Kier molecular flexibility index (Phi) is 2.48. The first-order chi connectivity index (χ1) is 5.29. The molecule has 3 heteroatoms. The molecular formula is C8H12N2O. The van der Waals surface area contributed by atoms with Crippen LogP contribution in [-0.4, -0.2) is 23.4 Å². The molecule has 60 valence electrons. The van der Waals surface area contributed by atoms with Gasteiger partial charge in [0.2, 0.25) is 5.91 Å². The highest BCUT2D eigenvalue weighted by atomic mass is 16.2. The van der Waals surface area contributed by atoms with Crippen molar-refractivity contribution in [2.24, 2.45) is 0 Å². The summed E-state index contributed by atoms with van der Waals surface area (Å²) in [7, 11) is 0. The molecule has 1 fully saturated rings. The predicted molar refractivity (Wildman–Crippen MR) is 40.6 cm³/mol. The third-order valence-electron chi connectivity index (χ3n) is 1.88. The molecule has 0 saturated heterocycles. The standard InChI is InChI=1S/C8H12N2O/c1-2-10(7-3-4-7)8(11)5-6-9/h7H,2-5H2,1H3. The van der Waals surface area contributed by atoms with Crippen molar-refractivity contribution in [1.29, 1.82) is 5.26 Å². The van der Waals surface area contributed by atoms with E-state index in [9.17, 15) is 4.79 Å². The Morgan fingerprint density at radius 1 is 1.73 bits per heavy atom. The number of rotatable bonds is 3. The van der Waals surface area contributed by atoms with Gasteiger partial charge in [0.1, 0.15) is 6.42 Å². The molecule has 0 N–H and O–H groups in total. The molecule has 0 bridgehead atoms. The zero-order valence-electron chi connectivity index (χ0n) is 6.71. The van der Waals surface area contributed by atoms with E-state index in [-0.39, 0.29) is 12.3 Å². The number of amides is 1. The fourth-order valence-corrected chi connectivity index (χ4v) is 1.19. The Balaban J connectivity index is 2.41. The molecule has 1 rings (SSSR count). The highest BCUT2D eigenvalue weighted by Crippen LogP contribution is 2.26. The van der Waals surface area contributed by atoms with Gasteiger partial charge in [-0.15, -0.1) is 0 Å². The molecule has 0 unspecified atom stereocenters. The molecule has 0 radical (unpaired) electrons. The van der Waals surface area contributed by atoms with Crippen molar-refractivity contribution in [3.8, 4) is 6.07 Å². The minimum Gasteiger partial charge on any atom is -0.339 e. The highest BCUT2D eigenvalue weighted by Gasteiger charge is 2.30. The number of hydrogen-bond acceptors (Lipinski definition) is 2. The van der Waals surface area contributed by atoms with Crippen molar-refractivity contribution in [3.05, 3.63) is 0 Å². The monoisotopic (exact) mass is 152 g/mol. The quantitative estimate of drug-likeness (QED) is 0.603. The van der Waals surface area contributed by atoms with Crippen LogP contribution in [0.5, 0.6) is 0 Å². The van der Waals surface area contributed by atoms with Crippen LogP contribution in [0.2, 0.25) is 0 Å². The minimum atomic E-state index is -0.0162. The van der Waals surface area contributed by atoms with Crippen LogP contribution >= 0.6 is 0 Å². The van der Waals surface area contributed by atoms with Gasteiger partial charge in [-0.1, -0.05) is 0 Å². The maximum absolute atomic E-state index is 11.2. The van der Waals surface area contributed by atoms with Crippen LogP contribution in [0.15, 0.2) is 0 Å². The molecule has 0 aromatic heterocycles. The van der Waals surface area contributed by atoms with E-state index >= 15 is 0 Å². The maximum Gasteiger partial charge on any atom is 0.237 e. The van der Waals surface area contributed by atoms with E-state index in [1.165, 1.54) is 0 Å². The van der Waals surface area contributed by atoms with Gasteiger partial charge in [0.15, 0.2) is 0 Å². The van der Waals surface area contributed by atoms with E-state index in [0.29, 0.717) is 6.04 Å². The number of carbonyl (C=O) groups is 1. The summed E-state index contributed by atoms with van der Waals surface area (Å²) in [6.45, 7) is 2.69. The maximum atomic E-state index is 11.2. The molecule has 1 aliphatic carbocycles. The third kappa shape index (κ3) is 1.94. The topological polar surface area (TPSA) is 44.1 Å². The van der Waals surface area contributed by atoms with E-state index in [1.54, 1.807) is 4.90 Å². The van der Waals surface area contributed by atoms with Gasteiger partial charge < -0.3 is 4.90 Å². The van der Waals surface area contributed by atoms with Crippen molar-refractivity contribution in [3.63, 3.8) is 0 Å². The second-order valence-electron chi connectivity index (χ2n) is 2.75. The van der Waals surface area contributed by atoms with Crippen LogP contribution in [0.25, 0.3) is 0 Å². The molecule has 0 atom stereocenters. The van der Waals surface area contributed by atoms with Crippen molar-refractivity contribution in [1.82, 2.24) is 4.90 Å². The Hall–Kier alpha value is -1.04. The normalized spacial score (nSPS) is 15.6. The van der Waals surface area contributed by atoms with Crippen molar-refractivity contribution in [2.75, 3.05) is 6.54 Å². The van der Waals surface area contributed by atoms with Gasteiger partial charge in [0.25, 0.3) is 0 Å². The lowest BCUT2D eigenvalue weighted by molar-refractivity contribution is -0.130. The average molecular weight is 152 g/mol. The second-order valence-corrected chi connectivity index (χ2v) is 2.75. The number of nitrogens with zero attached hydrogens (tertiary/aromatic N) is 2. The fraction of sp³-hybridized carbons (Fsp3) is 0.750. The lowest BCUT2D eigenvalue weighted by Crippen LogP contribution is -2.32. The lowest BCUT2D eigenvalue weighted by atomic mass is 10.3. The van der Waals surface area contributed by atoms with Gasteiger partial charge >= 0.3 is 0 Å². The summed E-state index contributed by atoms with van der Waals surface area (Å²) >= 11 is 0. The Bertz CT molecular complexity index is 191. The van der Waals surface area contributed by atoms with Gasteiger partial charge in [-0.2, -0.15) is 5.26 Å². The molecule has 3 nitrogen and oxygen atoms in total. The summed E-state index contributed by atoms with van der Waals surface area (Å²) in [5, 5.41) is 8.29. The molecule has 0 aromatic carbocycles. The summed E-state index contributed by atoms with van der Waals surface area (Å²) in [5.74, 6) is -0.0162. The summed E-state index contributed by atoms with van der Waals surface area (Å²) in [6.07, 6.45) is 2.26. The molecule has 11 heavy (non-hydrogen) atoms. The smallest absolute Gasteiger partial charge is 0.237 e. The largest absolute Gasteiger partial charge is 0.339 e. The lowest BCUT2D eigenvalue weighted by Gasteiger charge is -2.18. The predicted octanol–water partition coefficient (Wildman–Crippen LogP) is 0.911. The van der Waals surface area contributed by atoms with E-state index in [1.807, 2.05) is 13.0 Å². The van der Waals surface area contributed by atoms with Crippen LogP contribution in [0, 0.1) is 11.3 Å². The van der Waals surface area contributed by atoms with Gasteiger partial charge in [-0.05, 0) is 19.8 Å². The Labute approximate surface area is 66.6 Å². The molecule has 1 amide bonds. The summed E-state index contributed by atoms with van der Waals surface area (Å²) in [5.41, 5.74) is 0. The molecule has 1 saturated carbocycles. The van der Waals surface area contributed by atoms with Gasteiger partial charge in [-0.3, -0.25) is 4.79 Å². The van der Waals surface area contributed by atoms with Crippen LogP contribution < -0.4 is 0 Å². The second kappa shape index (κ2) is 3.38. The van der Waals surface area contributed by atoms with E-state index in [2.05, 4.69) is 0 Å². The molecule has 0 spiro atoms. The summed E-state index contributed by atoms with van der Waals surface area (Å²) in [6, 6.07) is 2.32. The van der Waals surface area contributed by atoms with Crippen molar-refractivity contribution >= 4 is 5.91 Å². The zero-order valence-corrected chi connectivity index (χ0v) is 6.71. The Morgan fingerprint density at radius 2 is 2.36 bits per heavy atom. The average Bonchev–Trinajstić information content (AvgIpc) is 2.73. The molecule has 1 aliphatic rings. The van der Waals surface area contributed by atoms with Crippen LogP contribution in [0.1, 0.15) is 26.2 Å². The number of hydrogen-bond donors (Lipinski definition) is 0. The molecule has 0 heterocycles. The van der Waals surface area contributed by atoms with E-state index < -0.39 is 0 Å². The first-order valence-electron chi connectivity index (χ1n) is 3.96. The fourth-order valence-electron chi connectivity index (χ4n) is 1.19. The third-order valence-corrected chi connectivity index (χ3v) is 1.88. The summed E-state index contributed by atoms with van der Waals surface area (Å²) in [4.78, 5) is 13.0. The van der Waals surface area contributed by atoms with Crippen molar-refractivity contribution in [2.45, 2.75) is 32.2 Å². The van der Waals surface area contributed by atoms with Crippen LogP contribution in [0.3, 0.4) is 0 Å². The minimum absolute atomic E-state index is 0.0162. The Morgan fingerprint density at radius 3 is 2.73 bits per heavy atom. The van der Waals surface area contributed by atoms with Gasteiger partial charge in [0.05, 0.1) is 6.07 Å². The van der Waals surface area contributed by atoms with E-state index in [4.69, 9.17) is 5.26 Å².